The van der Waals surface area contributed by atoms with Crippen molar-refractivity contribution in [1.29, 1.82) is 5.26 Å². The average molecular weight is 523 g/mol. The summed E-state index contributed by atoms with van der Waals surface area (Å²) >= 11 is 12.1. The maximum absolute atomic E-state index is 13.8. The summed E-state index contributed by atoms with van der Waals surface area (Å²) in [6, 6.07) is 12.6. The normalized spacial score (nSPS) is 16.8. The summed E-state index contributed by atoms with van der Waals surface area (Å²) in [7, 11) is -4.17. The van der Waals surface area contributed by atoms with E-state index in [9.17, 15) is 23.9 Å². The van der Waals surface area contributed by atoms with Crippen LogP contribution in [0, 0.1) is 11.3 Å². The molecule has 0 radical (unpaired) electrons. The van der Waals surface area contributed by atoms with Crippen molar-refractivity contribution in [3.63, 3.8) is 0 Å². The van der Waals surface area contributed by atoms with Crippen LogP contribution in [0.1, 0.15) is 5.56 Å². The topological polar surface area (TPSA) is 128 Å². The monoisotopic (exact) mass is 522 g/mol. The van der Waals surface area contributed by atoms with Crippen LogP contribution in [0.5, 0.6) is 23.3 Å². The van der Waals surface area contributed by atoms with Gasteiger partial charge in [-0.05, 0) is 36.4 Å². The molecular formula is C22H20Cl2N4O5S. The highest BCUT2D eigenvalue weighted by molar-refractivity contribution is 7.89. The molecule has 0 saturated carbocycles. The first-order chi connectivity index (χ1) is 16.2. The number of sulfonamides is 1. The van der Waals surface area contributed by atoms with E-state index in [0.29, 0.717) is 16.6 Å². The second-order valence-corrected chi connectivity index (χ2v) is 10.3. The van der Waals surface area contributed by atoms with E-state index >= 15 is 0 Å². The zero-order valence-electron chi connectivity index (χ0n) is 17.6. The van der Waals surface area contributed by atoms with Gasteiger partial charge in [-0.1, -0.05) is 23.2 Å². The Bertz CT molecular complexity index is 1330. The minimum Gasteiger partial charge on any atom is -0.494 e. The van der Waals surface area contributed by atoms with Crippen molar-refractivity contribution in [3.05, 3.63) is 64.1 Å². The minimum atomic E-state index is -4.17. The highest BCUT2D eigenvalue weighted by Gasteiger charge is 2.36. The lowest BCUT2D eigenvalue weighted by Gasteiger charge is -2.35. The number of hydrogen-bond acceptors (Lipinski definition) is 7. The molecule has 1 saturated heterocycles. The molecule has 4 rings (SSSR count). The van der Waals surface area contributed by atoms with E-state index in [1.807, 2.05) is 6.07 Å². The van der Waals surface area contributed by atoms with Gasteiger partial charge in [-0.3, -0.25) is 4.57 Å². The number of aromatic nitrogens is 1. The molecule has 3 N–H and O–H groups in total. The number of nitriles is 1. The number of hydrogen-bond donors (Lipinski definition) is 3. The Kier molecular flexibility index (Phi) is 6.93. The van der Waals surface area contributed by atoms with Crippen molar-refractivity contribution < 1.29 is 23.4 Å². The van der Waals surface area contributed by atoms with Crippen LogP contribution in [0.3, 0.4) is 0 Å². The summed E-state index contributed by atoms with van der Waals surface area (Å²) in [6.45, 7) is 0.829. The van der Waals surface area contributed by atoms with Gasteiger partial charge in [0.2, 0.25) is 10.0 Å². The molecule has 34 heavy (non-hydrogen) atoms. The van der Waals surface area contributed by atoms with Gasteiger partial charge < -0.3 is 20.3 Å². The van der Waals surface area contributed by atoms with Crippen molar-refractivity contribution in [3.8, 4) is 29.3 Å². The van der Waals surface area contributed by atoms with E-state index in [4.69, 9.17) is 27.9 Å². The summed E-state index contributed by atoms with van der Waals surface area (Å²) in [5.74, 6) is -0.138. The fraction of sp³-hybridized carbons (Fsp3) is 0.227. The van der Waals surface area contributed by atoms with Crippen LogP contribution in [-0.2, 0) is 16.6 Å². The molecule has 0 bridgehead atoms. The Hall–Kier alpha value is -2.94. The zero-order valence-corrected chi connectivity index (χ0v) is 20.0. The average Bonchev–Trinajstić information content (AvgIpc) is 3.11. The Morgan fingerprint density at radius 2 is 1.76 bits per heavy atom. The van der Waals surface area contributed by atoms with Gasteiger partial charge in [0.1, 0.15) is 16.4 Å². The van der Waals surface area contributed by atoms with Crippen LogP contribution in [0.15, 0.2) is 53.4 Å². The smallest absolute Gasteiger partial charge is 0.247 e. The second kappa shape index (κ2) is 9.74. The SMILES string of the molecule is N#Cc1ccc(Oc2cc(Cl)cc(Cl)c2)c(S(=O)(=O)N2CCNCC2Cn2c(O)ccc2O)c1. The Balaban J connectivity index is 1.74. The quantitative estimate of drug-likeness (QED) is 0.451. The molecule has 12 heteroatoms. The fourth-order valence-corrected chi connectivity index (χ4v) is 6.03. The summed E-state index contributed by atoms with van der Waals surface area (Å²) in [5.41, 5.74) is 0.141. The molecule has 3 aromatic rings. The standard InChI is InChI=1S/C22H20Cl2N4O5S/c23-15-8-16(24)10-18(9-15)33-19-2-1-14(11-25)7-20(19)34(31,32)28-6-5-26-12-17(28)13-27-21(29)3-4-22(27)30/h1-4,7-10,17,26,29-30H,5-6,12-13H2. The molecule has 1 aromatic heterocycles. The number of benzene rings is 2. The lowest BCUT2D eigenvalue weighted by molar-refractivity contribution is 0.229. The molecule has 1 aliphatic heterocycles. The van der Waals surface area contributed by atoms with Gasteiger partial charge in [0.15, 0.2) is 11.8 Å². The molecule has 0 amide bonds. The van der Waals surface area contributed by atoms with Crippen LogP contribution in [0.25, 0.3) is 0 Å². The maximum atomic E-state index is 13.8. The lowest BCUT2D eigenvalue weighted by Crippen LogP contribution is -2.55. The van der Waals surface area contributed by atoms with Crippen LogP contribution in [0.2, 0.25) is 10.0 Å². The number of ether oxygens (including phenoxy) is 1. The Morgan fingerprint density at radius 3 is 2.41 bits per heavy atom. The molecule has 1 unspecified atom stereocenters. The number of piperazine rings is 1. The van der Waals surface area contributed by atoms with Gasteiger partial charge in [0.05, 0.1) is 17.7 Å². The zero-order chi connectivity index (χ0) is 24.5. The third kappa shape index (κ3) is 4.94. The molecular weight excluding hydrogens is 503 g/mol. The van der Waals surface area contributed by atoms with E-state index in [2.05, 4.69) is 5.32 Å². The molecule has 1 fully saturated rings. The van der Waals surface area contributed by atoms with Crippen LogP contribution in [0.4, 0.5) is 0 Å². The molecule has 2 aromatic carbocycles. The van der Waals surface area contributed by atoms with E-state index in [1.165, 1.54) is 57.4 Å². The van der Waals surface area contributed by atoms with Gasteiger partial charge in [0, 0.05) is 48.4 Å². The maximum Gasteiger partial charge on any atom is 0.247 e. The first-order valence-corrected chi connectivity index (χ1v) is 12.4. The number of halogens is 2. The predicted octanol–water partition coefficient (Wildman–Crippen LogP) is 3.53. The van der Waals surface area contributed by atoms with E-state index in [0.717, 1.165) is 0 Å². The Labute approximate surface area is 206 Å². The minimum absolute atomic E-state index is 0.00118. The Morgan fingerprint density at radius 1 is 1.09 bits per heavy atom. The molecule has 9 nitrogen and oxygen atoms in total. The first-order valence-electron chi connectivity index (χ1n) is 10.2. The lowest BCUT2D eigenvalue weighted by atomic mass is 10.2. The third-order valence-corrected chi connectivity index (χ3v) is 7.76. The molecule has 0 spiro atoms. The predicted molar refractivity (Wildman–Crippen MR) is 126 cm³/mol. The van der Waals surface area contributed by atoms with E-state index in [-0.39, 0.29) is 53.4 Å². The van der Waals surface area contributed by atoms with Crippen molar-refractivity contribution >= 4 is 33.2 Å². The highest BCUT2D eigenvalue weighted by Crippen LogP contribution is 2.35. The number of aromatic hydroxyl groups is 2. The second-order valence-electron chi connectivity index (χ2n) is 7.61. The molecule has 2 heterocycles. The van der Waals surface area contributed by atoms with Gasteiger partial charge in [-0.2, -0.15) is 9.57 Å². The van der Waals surface area contributed by atoms with E-state index < -0.39 is 16.1 Å². The van der Waals surface area contributed by atoms with Crippen molar-refractivity contribution in [1.82, 2.24) is 14.2 Å². The molecule has 178 valence electrons. The van der Waals surface area contributed by atoms with Crippen molar-refractivity contribution in [2.45, 2.75) is 17.5 Å². The first kappa shape index (κ1) is 24.2. The summed E-state index contributed by atoms with van der Waals surface area (Å²) < 4.78 is 36.0. The number of rotatable bonds is 6. The number of nitrogens with one attached hydrogen (secondary N) is 1. The fourth-order valence-electron chi connectivity index (χ4n) is 3.76. The highest BCUT2D eigenvalue weighted by atomic mass is 35.5. The summed E-state index contributed by atoms with van der Waals surface area (Å²) in [5, 5.41) is 33.2. The van der Waals surface area contributed by atoms with E-state index in [1.54, 1.807) is 0 Å². The summed E-state index contributed by atoms with van der Waals surface area (Å²) in [6.07, 6.45) is 0. The van der Waals surface area contributed by atoms with Crippen LogP contribution >= 0.6 is 23.2 Å². The van der Waals surface area contributed by atoms with Gasteiger partial charge in [-0.25, -0.2) is 8.42 Å². The van der Waals surface area contributed by atoms with Gasteiger partial charge in [0.25, 0.3) is 0 Å². The third-order valence-electron chi connectivity index (χ3n) is 5.35. The molecule has 0 aliphatic carbocycles. The van der Waals surface area contributed by atoms with Gasteiger partial charge in [-0.15, -0.1) is 0 Å². The van der Waals surface area contributed by atoms with Crippen molar-refractivity contribution in [2.24, 2.45) is 0 Å². The summed E-state index contributed by atoms with van der Waals surface area (Å²) in [4.78, 5) is -0.199. The largest absolute Gasteiger partial charge is 0.494 e. The molecule has 1 atom stereocenters. The van der Waals surface area contributed by atoms with Crippen LogP contribution < -0.4 is 10.1 Å². The number of nitrogens with zero attached hydrogens (tertiary/aromatic N) is 3. The van der Waals surface area contributed by atoms with Gasteiger partial charge >= 0.3 is 0 Å². The van der Waals surface area contributed by atoms with Crippen LogP contribution in [-0.4, -0.2) is 53.2 Å². The van der Waals surface area contributed by atoms with Crippen molar-refractivity contribution in [2.75, 3.05) is 19.6 Å². The molecule has 1 aliphatic rings.